The summed E-state index contributed by atoms with van der Waals surface area (Å²) < 4.78 is 13.2. The Hall–Kier alpha value is -1.46. The van der Waals surface area contributed by atoms with E-state index < -0.39 is 5.82 Å². The highest BCUT2D eigenvalue weighted by Crippen LogP contribution is 2.29. The van der Waals surface area contributed by atoms with Gasteiger partial charge in [-0.25, -0.2) is 4.39 Å². The van der Waals surface area contributed by atoms with Gasteiger partial charge in [0.15, 0.2) is 5.78 Å². The molecular formula is C23H32ClFN2O2. The minimum absolute atomic E-state index is 0.0215. The van der Waals surface area contributed by atoms with Gasteiger partial charge in [-0.15, -0.1) is 0 Å². The summed E-state index contributed by atoms with van der Waals surface area (Å²) in [6, 6.07) is 4.38. The average Bonchev–Trinajstić information content (AvgIpc) is 2.73. The smallest absolute Gasteiger partial charge is 0.219 e. The molecule has 6 heteroatoms. The second-order valence-electron chi connectivity index (χ2n) is 8.53. The van der Waals surface area contributed by atoms with Crippen molar-refractivity contribution in [2.24, 2.45) is 11.8 Å². The van der Waals surface area contributed by atoms with E-state index in [4.69, 9.17) is 11.6 Å². The first-order valence-corrected chi connectivity index (χ1v) is 11.3. The number of carbonyl (C=O) groups excluding carboxylic acids is 2. The number of piperidine rings is 1. The van der Waals surface area contributed by atoms with Crippen LogP contribution in [0.4, 0.5) is 4.39 Å². The molecule has 2 fully saturated rings. The lowest BCUT2D eigenvalue weighted by Crippen LogP contribution is -2.39. The number of amides is 1. The number of likely N-dealkylation sites (tertiary alicyclic amines) is 1. The number of Topliss-reactive ketones (excluding diaryl/α,β-unsaturated/α-hetero) is 1. The molecule has 1 N–H and O–H groups in total. The third-order valence-electron chi connectivity index (χ3n) is 6.54. The van der Waals surface area contributed by atoms with Gasteiger partial charge in [0, 0.05) is 23.9 Å². The van der Waals surface area contributed by atoms with Crippen LogP contribution in [0.1, 0.15) is 68.6 Å². The number of rotatable bonds is 7. The first-order valence-electron chi connectivity index (χ1n) is 11.0. The van der Waals surface area contributed by atoms with E-state index in [9.17, 15) is 14.0 Å². The topological polar surface area (TPSA) is 49.4 Å². The zero-order valence-electron chi connectivity index (χ0n) is 17.3. The third kappa shape index (κ3) is 6.26. The number of benzene rings is 1. The number of nitrogens with one attached hydrogen (secondary N) is 1. The fourth-order valence-corrected chi connectivity index (χ4v) is 4.88. The standard InChI is InChI=1S/C23H32ClFN2O2/c1-2-22(28)26-19-6-3-16(4-7-19)9-12-27-13-10-17(11-14-27)23(29)20-8-5-18(25)15-21(20)24/h5,8,15-17,19H,2-4,6-7,9-14H2,1H3,(H,26,28). The molecule has 1 aromatic carbocycles. The molecule has 1 aliphatic heterocycles. The van der Waals surface area contributed by atoms with Crippen molar-refractivity contribution in [1.29, 1.82) is 0 Å². The minimum atomic E-state index is -0.414. The van der Waals surface area contributed by atoms with Crippen LogP contribution in [0.3, 0.4) is 0 Å². The average molecular weight is 423 g/mol. The van der Waals surface area contributed by atoms with Gasteiger partial charge in [-0.3, -0.25) is 9.59 Å². The Kier molecular flexibility index (Phi) is 8.07. The molecule has 0 radical (unpaired) electrons. The Bertz CT molecular complexity index is 711. The van der Waals surface area contributed by atoms with Gasteiger partial charge >= 0.3 is 0 Å². The van der Waals surface area contributed by atoms with Crippen LogP contribution < -0.4 is 5.32 Å². The predicted molar refractivity (Wildman–Crippen MR) is 114 cm³/mol. The van der Waals surface area contributed by atoms with E-state index in [1.165, 1.54) is 37.5 Å². The number of halogens is 2. The number of hydrogen-bond acceptors (Lipinski definition) is 3. The van der Waals surface area contributed by atoms with Gasteiger partial charge in [-0.05, 0) is 88.7 Å². The molecule has 4 nitrogen and oxygen atoms in total. The van der Waals surface area contributed by atoms with Gasteiger partial charge in [0.05, 0.1) is 5.02 Å². The molecule has 29 heavy (non-hydrogen) atoms. The molecule has 0 atom stereocenters. The Morgan fingerprint density at radius 2 is 1.83 bits per heavy atom. The molecule has 1 aliphatic carbocycles. The fourth-order valence-electron chi connectivity index (χ4n) is 4.62. The van der Waals surface area contributed by atoms with Gasteiger partial charge in [0.1, 0.15) is 5.82 Å². The molecule has 0 unspecified atom stereocenters. The number of ketones is 1. The van der Waals surface area contributed by atoms with Gasteiger partial charge in [0.2, 0.25) is 5.91 Å². The highest BCUT2D eigenvalue weighted by atomic mass is 35.5. The van der Waals surface area contributed by atoms with Crippen molar-refractivity contribution >= 4 is 23.3 Å². The SMILES string of the molecule is CCC(=O)NC1CCC(CCN2CCC(C(=O)c3ccc(F)cc3Cl)CC2)CC1. The van der Waals surface area contributed by atoms with Crippen LogP contribution in [0.5, 0.6) is 0 Å². The molecule has 1 saturated carbocycles. The van der Waals surface area contributed by atoms with Crippen LogP contribution in [-0.4, -0.2) is 42.3 Å². The maximum atomic E-state index is 13.2. The van der Waals surface area contributed by atoms with E-state index >= 15 is 0 Å². The molecule has 0 aromatic heterocycles. The third-order valence-corrected chi connectivity index (χ3v) is 6.85. The largest absolute Gasteiger partial charge is 0.353 e. The van der Waals surface area contributed by atoms with E-state index in [-0.39, 0.29) is 22.6 Å². The number of carbonyl (C=O) groups is 2. The second kappa shape index (κ2) is 10.5. The summed E-state index contributed by atoms with van der Waals surface area (Å²) in [6.45, 7) is 4.83. The first kappa shape index (κ1) is 22.2. The first-order chi connectivity index (χ1) is 14.0. The van der Waals surface area contributed by atoms with Crippen LogP contribution in [0.2, 0.25) is 5.02 Å². The van der Waals surface area contributed by atoms with Gasteiger partial charge in [-0.1, -0.05) is 18.5 Å². The van der Waals surface area contributed by atoms with Crippen LogP contribution in [-0.2, 0) is 4.79 Å². The van der Waals surface area contributed by atoms with Crippen LogP contribution in [0, 0.1) is 17.7 Å². The maximum Gasteiger partial charge on any atom is 0.219 e. The lowest BCUT2D eigenvalue weighted by Gasteiger charge is -2.34. The monoisotopic (exact) mass is 422 g/mol. The normalized spacial score (nSPS) is 23.7. The molecule has 1 aromatic rings. The molecule has 2 aliphatic rings. The molecule has 1 amide bonds. The predicted octanol–water partition coefficient (Wildman–Crippen LogP) is 4.85. The van der Waals surface area contributed by atoms with E-state index in [1.54, 1.807) is 0 Å². The van der Waals surface area contributed by atoms with E-state index in [0.717, 1.165) is 51.2 Å². The molecule has 160 valence electrons. The lowest BCUT2D eigenvalue weighted by atomic mass is 9.83. The Balaban J connectivity index is 1.37. The summed E-state index contributed by atoms with van der Waals surface area (Å²) in [5.74, 6) is 0.507. The quantitative estimate of drug-likeness (QED) is 0.639. The van der Waals surface area contributed by atoms with Crippen LogP contribution >= 0.6 is 11.6 Å². The highest BCUT2D eigenvalue weighted by Gasteiger charge is 2.28. The zero-order chi connectivity index (χ0) is 20.8. The van der Waals surface area contributed by atoms with Gasteiger partial charge in [0.25, 0.3) is 0 Å². The maximum absolute atomic E-state index is 13.2. The Labute approximate surface area is 178 Å². The van der Waals surface area contributed by atoms with Crippen molar-refractivity contribution in [1.82, 2.24) is 10.2 Å². The van der Waals surface area contributed by atoms with Crippen LogP contribution in [0.15, 0.2) is 18.2 Å². The molecule has 0 spiro atoms. The van der Waals surface area contributed by atoms with Crippen molar-refractivity contribution < 1.29 is 14.0 Å². The minimum Gasteiger partial charge on any atom is -0.353 e. The summed E-state index contributed by atoms with van der Waals surface area (Å²) >= 11 is 6.06. The van der Waals surface area contributed by atoms with Gasteiger partial charge in [-0.2, -0.15) is 0 Å². The van der Waals surface area contributed by atoms with E-state index in [1.807, 2.05) is 6.92 Å². The fraction of sp³-hybridized carbons (Fsp3) is 0.652. The zero-order valence-corrected chi connectivity index (χ0v) is 18.0. The van der Waals surface area contributed by atoms with E-state index in [2.05, 4.69) is 10.2 Å². The summed E-state index contributed by atoms with van der Waals surface area (Å²) in [5, 5.41) is 3.33. The Morgan fingerprint density at radius 3 is 2.45 bits per heavy atom. The van der Waals surface area contributed by atoms with Crippen molar-refractivity contribution in [3.05, 3.63) is 34.6 Å². The lowest BCUT2D eigenvalue weighted by molar-refractivity contribution is -0.121. The number of hydrogen-bond donors (Lipinski definition) is 1. The summed E-state index contributed by atoms with van der Waals surface area (Å²) in [5.41, 5.74) is 0.443. The number of nitrogens with zero attached hydrogens (tertiary/aromatic N) is 1. The second-order valence-corrected chi connectivity index (χ2v) is 8.94. The van der Waals surface area contributed by atoms with Crippen molar-refractivity contribution in [3.63, 3.8) is 0 Å². The Morgan fingerprint density at radius 1 is 1.14 bits per heavy atom. The molecular weight excluding hydrogens is 391 g/mol. The van der Waals surface area contributed by atoms with Crippen molar-refractivity contribution in [2.45, 2.75) is 64.3 Å². The summed E-state index contributed by atoms with van der Waals surface area (Å²) in [4.78, 5) is 26.7. The van der Waals surface area contributed by atoms with Crippen LogP contribution in [0.25, 0.3) is 0 Å². The molecule has 3 rings (SSSR count). The van der Waals surface area contributed by atoms with Crippen molar-refractivity contribution in [3.8, 4) is 0 Å². The highest BCUT2D eigenvalue weighted by molar-refractivity contribution is 6.34. The van der Waals surface area contributed by atoms with Gasteiger partial charge < -0.3 is 10.2 Å². The molecule has 1 saturated heterocycles. The summed E-state index contributed by atoms with van der Waals surface area (Å²) in [7, 11) is 0. The molecule has 0 bridgehead atoms. The van der Waals surface area contributed by atoms with Crippen molar-refractivity contribution in [2.75, 3.05) is 19.6 Å². The summed E-state index contributed by atoms with van der Waals surface area (Å²) in [6.07, 6.45) is 7.98. The molecule has 1 heterocycles. The van der Waals surface area contributed by atoms with E-state index in [0.29, 0.717) is 18.0 Å².